The Labute approximate surface area is 196 Å². The van der Waals surface area contributed by atoms with Gasteiger partial charge in [0.15, 0.2) is 0 Å². The number of halogens is 1. The number of anilines is 2. The largest absolute Gasteiger partial charge is 0.468 e. The van der Waals surface area contributed by atoms with Crippen molar-refractivity contribution in [3.8, 4) is 10.4 Å². The van der Waals surface area contributed by atoms with Crippen LogP contribution in [0.25, 0.3) is 10.4 Å². The van der Waals surface area contributed by atoms with Gasteiger partial charge in [0.1, 0.15) is 6.54 Å². The first kappa shape index (κ1) is 24.3. The van der Waals surface area contributed by atoms with Crippen LogP contribution < -0.4 is 20.1 Å². The zero-order chi connectivity index (χ0) is 23.5. The number of hydrogen-bond acceptors (Lipinski definition) is 6. The lowest BCUT2D eigenvalue weighted by molar-refractivity contribution is -0.138. The Balaban J connectivity index is 1.98. The molecule has 4 N–H and O–H groups in total. The molecule has 32 heavy (non-hydrogen) atoms. The quantitative estimate of drug-likeness (QED) is 0.561. The first-order valence-corrected chi connectivity index (χ1v) is 12.7. The number of hydrogen-bond donors (Lipinski definition) is 2. The van der Waals surface area contributed by atoms with E-state index in [9.17, 15) is 18.0 Å². The number of thiophene rings is 1. The lowest BCUT2D eigenvalue weighted by atomic mass is 9.94. The SMILES string of the molecule is COC(=O)CN(c1csc(-c2cccc(N(C(N)=O)C3CCCCC3)c2)c1Cl)S(N)(=O)=O. The van der Waals surface area contributed by atoms with E-state index in [4.69, 9.17) is 22.5 Å². The number of benzene rings is 1. The van der Waals surface area contributed by atoms with Crippen molar-refractivity contribution in [1.82, 2.24) is 0 Å². The average molecular weight is 501 g/mol. The Morgan fingerprint density at radius 2 is 1.94 bits per heavy atom. The molecule has 0 unspecified atom stereocenters. The molecule has 1 aliphatic carbocycles. The monoisotopic (exact) mass is 500 g/mol. The fourth-order valence-corrected chi connectivity index (χ4v) is 6.08. The van der Waals surface area contributed by atoms with Crippen molar-refractivity contribution >= 4 is 56.5 Å². The van der Waals surface area contributed by atoms with Crippen molar-refractivity contribution in [2.75, 3.05) is 22.9 Å². The lowest BCUT2D eigenvalue weighted by Gasteiger charge is -2.33. The molecule has 0 saturated heterocycles. The Kier molecular flexibility index (Phi) is 7.65. The van der Waals surface area contributed by atoms with Gasteiger partial charge in [0.05, 0.1) is 22.7 Å². The number of urea groups is 1. The van der Waals surface area contributed by atoms with Crippen LogP contribution in [0.4, 0.5) is 16.2 Å². The minimum Gasteiger partial charge on any atom is -0.468 e. The van der Waals surface area contributed by atoms with Crippen LogP contribution in [-0.4, -0.2) is 40.1 Å². The zero-order valence-electron chi connectivity index (χ0n) is 17.5. The van der Waals surface area contributed by atoms with E-state index in [0.717, 1.165) is 39.2 Å². The summed E-state index contributed by atoms with van der Waals surface area (Å²) in [5.74, 6) is -0.783. The van der Waals surface area contributed by atoms with Crippen LogP contribution in [0.15, 0.2) is 29.6 Å². The highest BCUT2D eigenvalue weighted by Crippen LogP contribution is 2.43. The van der Waals surface area contributed by atoms with E-state index in [1.807, 2.05) is 0 Å². The molecular weight excluding hydrogens is 476 g/mol. The fraction of sp³-hybridized carbons (Fsp3) is 0.400. The Morgan fingerprint density at radius 1 is 1.25 bits per heavy atom. The molecule has 1 fully saturated rings. The molecule has 1 aromatic carbocycles. The summed E-state index contributed by atoms with van der Waals surface area (Å²) in [6.07, 6.45) is 4.99. The zero-order valence-corrected chi connectivity index (χ0v) is 19.9. The maximum Gasteiger partial charge on any atom is 0.326 e. The second kappa shape index (κ2) is 10.1. The van der Waals surface area contributed by atoms with E-state index in [1.165, 1.54) is 16.7 Å². The second-order valence-corrected chi connectivity index (χ2v) is 10.2. The summed E-state index contributed by atoms with van der Waals surface area (Å²) in [7, 11) is -3.13. The molecule has 0 aliphatic heterocycles. The third kappa shape index (κ3) is 5.34. The van der Waals surface area contributed by atoms with E-state index in [0.29, 0.717) is 20.4 Å². The number of primary amides is 1. The Bertz CT molecular complexity index is 1100. The predicted molar refractivity (Wildman–Crippen MR) is 126 cm³/mol. The molecule has 0 atom stereocenters. The highest BCUT2D eigenvalue weighted by Gasteiger charge is 2.28. The smallest absolute Gasteiger partial charge is 0.326 e. The highest BCUT2D eigenvalue weighted by atomic mass is 35.5. The molecule has 3 rings (SSSR count). The Morgan fingerprint density at radius 3 is 2.53 bits per heavy atom. The molecule has 1 aromatic heterocycles. The van der Waals surface area contributed by atoms with Crippen LogP contribution in [0.1, 0.15) is 32.1 Å². The Hall–Kier alpha value is -2.34. The van der Waals surface area contributed by atoms with Gasteiger partial charge in [0.2, 0.25) is 0 Å². The van der Waals surface area contributed by atoms with Gasteiger partial charge < -0.3 is 10.5 Å². The minimum absolute atomic E-state index is 0.0313. The maximum absolute atomic E-state index is 12.2. The van der Waals surface area contributed by atoms with Crippen LogP contribution in [-0.2, 0) is 19.7 Å². The van der Waals surface area contributed by atoms with Gasteiger partial charge >= 0.3 is 12.0 Å². The van der Waals surface area contributed by atoms with Crippen molar-refractivity contribution in [3.05, 3.63) is 34.7 Å². The van der Waals surface area contributed by atoms with Crippen molar-refractivity contribution in [2.45, 2.75) is 38.1 Å². The molecule has 1 aliphatic rings. The molecule has 1 heterocycles. The number of rotatable bonds is 7. The fourth-order valence-electron chi connectivity index (χ4n) is 3.85. The summed E-state index contributed by atoms with van der Waals surface area (Å²) in [6, 6.07) is 6.69. The van der Waals surface area contributed by atoms with E-state index in [-0.39, 0.29) is 16.8 Å². The number of amides is 2. The van der Waals surface area contributed by atoms with Crippen LogP contribution in [0.5, 0.6) is 0 Å². The van der Waals surface area contributed by atoms with Crippen molar-refractivity contribution < 1.29 is 22.7 Å². The van der Waals surface area contributed by atoms with Crippen LogP contribution in [0.3, 0.4) is 0 Å². The van der Waals surface area contributed by atoms with E-state index in [1.54, 1.807) is 29.2 Å². The van der Waals surface area contributed by atoms with Gasteiger partial charge in [-0.25, -0.2) is 14.2 Å². The number of ether oxygens (including phenoxy) is 1. The van der Waals surface area contributed by atoms with Crippen LogP contribution in [0, 0.1) is 0 Å². The molecule has 174 valence electrons. The lowest BCUT2D eigenvalue weighted by Crippen LogP contribution is -2.44. The summed E-state index contributed by atoms with van der Waals surface area (Å²) in [4.78, 5) is 26.1. The van der Waals surface area contributed by atoms with Crippen molar-refractivity contribution in [1.29, 1.82) is 0 Å². The van der Waals surface area contributed by atoms with Gasteiger partial charge in [-0.2, -0.15) is 8.42 Å². The molecular formula is C20H25ClN4O5S2. The number of nitrogens with two attached hydrogens (primary N) is 2. The van der Waals surface area contributed by atoms with Gasteiger partial charge in [-0.15, -0.1) is 11.3 Å². The first-order chi connectivity index (χ1) is 15.1. The third-order valence-corrected chi connectivity index (χ3v) is 7.80. The van der Waals surface area contributed by atoms with E-state index in [2.05, 4.69) is 4.74 Å². The number of carbonyl (C=O) groups is 2. The summed E-state index contributed by atoms with van der Waals surface area (Å²) in [6.45, 7) is -0.609. The number of methoxy groups -OCH3 is 1. The summed E-state index contributed by atoms with van der Waals surface area (Å²) in [5, 5.41) is 6.91. The number of nitrogens with zero attached hydrogens (tertiary/aromatic N) is 2. The number of esters is 1. The van der Waals surface area contributed by atoms with Crippen LogP contribution >= 0.6 is 22.9 Å². The maximum atomic E-state index is 12.2. The van der Waals surface area contributed by atoms with Gasteiger partial charge in [0.25, 0.3) is 10.2 Å². The minimum atomic E-state index is -4.28. The molecule has 9 nitrogen and oxygen atoms in total. The molecule has 12 heteroatoms. The molecule has 0 spiro atoms. The third-order valence-electron chi connectivity index (χ3n) is 5.35. The standard InChI is InChI=1S/C20H25ClN4O5S2/c1-30-17(26)11-24(32(23,28)29)16-12-31-19(18(16)21)13-6-5-9-15(10-13)25(20(22)27)14-7-3-2-4-8-14/h5-6,9-10,12,14H,2-4,7-8,11H2,1H3,(H2,22,27)(H2,23,28,29). The van der Waals surface area contributed by atoms with Gasteiger partial charge in [-0.3, -0.25) is 9.69 Å². The molecule has 2 aromatic rings. The normalized spacial score (nSPS) is 14.7. The first-order valence-electron chi connectivity index (χ1n) is 9.97. The van der Waals surface area contributed by atoms with Gasteiger partial charge in [0, 0.05) is 17.1 Å². The van der Waals surface area contributed by atoms with Crippen molar-refractivity contribution in [3.63, 3.8) is 0 Å². The highest BCUT2D eigenvalue weighted by molar-refractivity contribution is 7.90. The number of carbonyl (C=O) groups excluding carboxylic acids is 2. The molecule has 2 amide bonds. The van der Waals surface area contributed by atoms with Crippen molar-refractivity contribution in [2.24, 2.45) is 10.9 Å². The molecule has 0 radical (unpaired) electrons. The topological polar surface area (TPSA) is 136 Å². The molecule has 0 bridgehead atoms. The van der Waals surface area contributed by atoms with Gasteiger partial charge in [-0.1, -0.05) is 43.0 Å². The summed E-state index contributed by atoms with van der Waals surface area (Å²) < 4.78 is 29.4. The summed E-state index contributed by atoms with van der Waals surface area (Å²) >= 11 is 7.71. The predicted octanol–water partition coefficient (Wildman–Crippen LogP) is 3.47. The van der Waals surface area contributed by atoms with Gasteiger partial charge in [-0.05, 0) is 30.5 Å². The average Bonchev–Trinajstić information content (AvgIpc) is 3.12. The van der Waals surface area contributed by atoms with E-state index >= 15 is 0 Å². The van der Waals surface area contributed by atoms with E-state index < -0.39 is 28.8 Å². The van der Waals surface area contributed by atoms with Crippen LogP contribution in [0.2, 0.25) is 5.02 Å². The second-order valence-electron chi connectivity index (χ2n) is 7.44. The molecule has 1 saturated carbocycles. The summed E-state index contributed by atoms with van der Waals surface area (Å²) in [5.41, 5.74) is 7.10.